The average molecular weight is 374 g/mol. The van der Waals surface area contributed by atoms with E-state index in [-0.39, 0.29) is 6.10 Å². The van der Waals surface area contributed by atoms with Gasteiger partial charge in [-0.15, -0.1) is 0 Å². The summed E-state index contributed by atoms with van der Waals surface area (Å²) >= 11 is 0. The van der Waals surface area contributed by atoms with Crippen molar-refractivity contribution in [2.75, 3.05) is 6.54 Å². The molecule has 0 spiro atoms. The lowest BCUT2D eigenvalue weighted by molar-refractivity contribution is -0.137. The fraction of sp³-hybridized carbons (Fsp3) is 0.333. The number of alkyl halides is 3. The molecule has 2 aliphatic heterocycles. The van der Waals surface area contributed by atoms with Gasteiger partial charge in [-0.25, -0.2) is 0 Å². The molecular formula is C21H21F3N2O. The summed E-state index contributed by atoms with van der Waals surface area (Å²) in [6.45, 7) is 5.38. The third-order valence-electron chi connectivity index (χ3n) is 5.20. The molecule has 4 rings (SSSR count). The Morgan fingerprint density at radius 3 is 2.37 bits per heavy atom. The van der Waals surface area contributed by atoms with Gasteiger partial charge in [0.1, 0.15) is 0 Å². The SMILES string of the molecule is C=C(NCc1ccc(C(F)(F)F)cc1)c1ccc([C@H]2O[C@@H]3CN[C@H]2C3)cc1. The second-order valence-electron chi connectivity index (χ2n) is 7.08. The summed E-state index contributed by atoms with van der Waals surface area (Å²) in [6, 6.07) is 13.6. The van der Waals surface area contributed by atoms with Crippen LogP contribution in [0, 0.1) is 0 Å². The molecule has 2 saturated heterocycles. The van der Waals surface area contributed by atoms with Gasteiger partial charge in [-0.2, -0.15) is 13.2 Å². The molecule has 2 bridgehead atoms. The highest BCUT2D eigenvalue weighted by Crippen LogP contribution is 2.37. The molecule has 2 aromatic rings. The van der Waals surface area contributed by atoms with Crippen molar-refractivity contribution in [3.8, 4) is 0 Å². The van der Waals surface area contributed by atoms with Gasteiger partial charge in [0.15, 0.2) is 0 Å². The van der Waals surface area contributed by atoms with Gasteiger partial charge in [0, 0.05) is 24.8 Å². The van der Waals surface area contributed by atoms with Crippen molar-refractivity contribution in [2.45, 2.75) is 37.4 Å². The fourth-order valence-electron chi connectivity index (χ4n) is 3.68. The highest BCUT2D eigenvalue weighted by atomic mass is 19.4. The maximum atomic E-state index is 12.6. The third kappa shape index (κ3) is 3.87. The topological polar surface area (TPSA) is 33.3 Å². The van der Waals surface area contributed by atoms with Crippen LogP contribution in [-0.2, 0) is 17.5 Å². The van der Waals surface area contributed by atoms with Crippen LogP contribution in [0.1, 0.15) is 34.8 Å². The van der Waals surface area contributed by atoms with Crippen LogP contribution in [0.2, 0.25) is 0 Å². The lowest BCUT2D eigenvalue weighted by Crippen LogP contribution is -2.33. The molecule has 2 aliphatic rings. The van der Waals surface area contributed by atoms with Crippen LogP contribution in [0.5, 0.6) is 0 Å². The Morgan fingerprint density at radius 2 is 1.81 bits per heavy atom. The van der Waals surface area contributed by atoms with E-state index in [1.807, 2.05) is 24.3 Å². The predicted octanol–water partition coefficient (Wildman–Crippen LogP) is 4.27. The van der Waals surface area contributed by atoms with Crippen molar-refractivity contribution in [2.24, 2.45) is 0 Å². The van der Waals surface area contributed by atoms with E-state index in [1.165, 1.54) is 12.1 Å². The maximum Gasteiger partial charge on any atom is 0.416 e. The Hall–Kier alpha value is -2.31. The van der Waals surface area contributed by atoms with Crippen molar-refractivity contribution in [1.29, 1.82) is 0 Å². The first kappa shape index (κ1) is 18.1. The standard InChI is InChI=1S/C21H21F3N2O/c1-13(25-11-14-2-8-17(9-3-14)21(22,23)24)15-4-6-16(7-5-15)20-19-10-18(27-20)12-26-19/h2-9,18-20,25-26H,1,10-12H2/t18-,19-,20+/m0/s1. The quantitative estimate of drug-likeness (QED) is 0.820. The second kappa shape index (κ2) is 7.02. The van der Waals surface area contributed by atoms with Gasteiger partial charge in [0.25, 0.3) is 0 Å². The molecule has 0 aromatic heterocycles. The lowest BCUT2D eigenvalue weighted by Gasteiger charge is -2.24. The van der Waals surface area contributed by atoms with Gasteiger partial charge in [-0.3, -0.25) is 0 Å². The number of rotatable bonds is 5. The number of hydrogen-bond acceptors (Lipinski definition) is 3. The summed E-state index contributed by atoms with van der Waals surface area (Å²) in [5.74, 6) is 0. The molecule has 0 radical (unpaired) electrons. The molecule has 2 heterocycles. The minimum Gasteiger partial charge on any atom is -0.381 e. The average Bonchev–Trinajstić information content (AvgIpc) is 3.29. The van der Waals surface area contributed by atoms with Crippen LogP contribution in [0.4, 0.5) is 13.2 Å². The first-order chi connectivity index (χ1) is 12.9. The zero-order valence-electron chi connectivity index (χ0n) is 14.7. The number of fused-ring (bicyclic) bond motifs is 2. The van der Waals surface area contributed by atoms with E-state index >= 15 is 0 Å². The summed E-state index contributed by atoms with van der Waals surface area (Å²) in [4.78, 5) is 0. The molecule has 0 aliphatic carbocycles. The normalized spacial score (nSPS) is 24.2. The molecule has 2 fully saturated rings. The van der Waals surface area contributed by atoms with E-state index < -0.39 is 11.7 Å². The van der Waals surface area contributed by atoms with Crippen LogP contribution in [-0.4, -0.2) is 18.7 Å². The molecule has 6 heteroatoms. The minimum atomic E-state index is -4.31. The molecule has 2 aromatic carbocycles. The van der Waals surface area contributed by atoms with Crippen LogP contribution >= 0.6 is 0 Å². The van der Waals surface area contributed by atoms with Crippen molar-refractivity contribution in [3.63, 3.8) is 0 Å². The highest BCUT2D eigenvalue weighted by Gasteiger charge is 2.41. The van der Waals surface area contributed by atoms with E-state index in [2.05, 4.69) is 17.2 Å². The first-order valence-corrected chi connectivity index (χ1v) is 8.98. The number of nitrogens with one attached hydrogen (secondary N) is 2. The Labute approximate surface area is 156 Å². The van der Waals surface area contributed by atoms with E-state index in [0.29, 0.717) is 18.7 Å². The number of hydrogen-bond donors (Lipinski definition) is 2. The largest absolute Gasteiger partial charge is 0.416 e. The van der Waals surface area contributed by atoms with E-state index in [9.17, 15) is 13.2 Å². The lowest BCUT2D eigenvalue weighted by atomic mass is 10.0. The molecule has 0 saturated carbocycles. The summed E-state index contributed by atoms with van der Waals surface area (Å²) in [5.41, 5.74) is 2.95. The van der Waals surface area contributed by atoms with Crippen LogP contribution in [0.3, 0.4) is 0 Å². The van der Waals surface area contributed by atoms with Gasteiger partial charge in [-0.05, 0) is 35.2 Å². The Balaban J connectivity index is 1.34. The van der Waals surface area contributed by atoms with Crippen LogP contribution in [0.25, 0.3) is 5.70 Å². The van der Waals surface area contributed by atoms with E-state index in [1.54, 1.807) is 0 Å². The van der Waals surface area contributed by atoms with Crippen molar-refractivity contribution in [1.82, 2.24) is 10.6 Å². The molecule has 142 valence electrons. The monoisotopic (exact) mass is 374 g/mol. The maximum absolute atomic E-state index is 12.6. The second-order valence-corrected chi connectivity index (χ2v) is 7.08. The Bertz CT molecular complexity index is 815. The Kier molecular flexibility index (Phi) is 4.70. The van der Waals surface area contributed by atoms with Crippen molar-refractivity contribution < 1.29 is 17.9 Å². The smallest absolute Gasteiger partial charge is 0.381 e. The van der Waals surface area contributed by atoms with Crippen molar-refractivity contribution in [3.05, 3.63) is 77.4 Å². The van der Waals surface area contributed by atoms with Crippen LogP contribution in [0.15, 0.2) is 55.1 Å². The number of benzene rings is 2. The Morgan fingerprint density at radius 1 is 1.11 bits per heavy atom. The van der Waals surface area contributed by atoms with E-state index in [0.717, 1.165) is 47.5 Å². The summed E-state index contributed by atoms with van der Waals surface area (Å²) in [6.07, 6.45) is -2.82. The first-order valence-electron chi connectivity index (χ1n) is 8.98. The molecule has 3 atom stereocenters. The summed E-state index contributed by atoms with van der Waals surface area (Å²) in [5, 5.41) is 6.64. The van der Waals surface area contributed by atoms with Gasteiger partial charge in [0.2, 0.25) is 0 Å². The predicted molar refractivity (Wildman–Crippen MR) is 97.8 cm³/mol. The molecule has 0 amide bonds. The van der Waals surface area contributed by atoms with Gasteiger partial charge in [-0.1, -0.05) is 43.0 Å². The van der Waals surface area contributed by atoms with E-state index in [4.69, 9.17) is 4.74 Å². The molecule has 0 unspecified atom stereocenters. The van der Waals surface area contributed by atoms with Gasteiger partial charge in [0.05, 0.1) is 17.8 Å². The van der Waals surface area contributed by atoms with Crippen LogP contribution < -0.4 is 10.6 Å². The zero-order chi connectivity index (χ0) is 19.0. The minimum absolute atomic E-state index is 0.103. The van der Waals surface area contributed by atoms with Gasteiger partial charge >= 0.3 is 6.18 Å². The number of ether oxygens (including phenoxy) is 1. The third-order valence-corrected chi connectivity index (χ3v) is 5.20. The summed E-state index contributed by atoms with van der Waals surface area (Å²) < 4.78 is 43.8. The zero-order valence-corrected chi connectivity index (χ0v) is 14.7. The summed E-state index contributed by atoms with van der Waals surface area (Å²) in [7, 11) is 0. The molecule has 27 heavy (non-hydrogen) atoms. The van der Waals surface area contributed by atoms with Gasteiger partial charge < -0.3 is 15.4 Å². The highest BCUT2D eigenvalue weighted by molar-refractivity contribution is 5.62. The van der Waals surface area contributed by atoms with Crippen molar-refractivity contribution >= 4 is 5.70 Å². The molecule has 2 N–H and O–H groups in total. The number of morpholine rings is 1. The molecular weight excluding hydrogens is 353 g/mol. The number of halogens is 3. The molecule has 3 nitrogen and oxygen atoms in total. The fourth-order valence-corrected chi connectivity index (χ4v) is 3.68.